The summed E-state index contributed by atoms with van der Waals surface area (Å²) in [6.07, 6.45) is 0. The Balaban J connectivity index is 1.19. The minimum Gasteiger partial charge on any atom is -0.0622 e. The van der Waals surface area contributed by atoms with Crippen LogP contribution in [-0.4, -0.2) is 0 Å². The highest BCUT2D eigenvalue weighted by Crippen LogP contribution is 2.45. The molecule has 10 aromatic rings. The van der Waals surface area contributed by atoms with Gasteiger partial charge in [0.2, 0.25) is 0 Å². The molecule has 10 rings (SSSR count). The first-order chi connectivity index (χ1) is 24.8. The molecule has 0 heteroatoms. The Labute approximate surface area is 291 Å². The Kier molecular flexibility index (Phi) is 6.60. The van der Waals surface area contributed by atoms with Crippen LogP contribution in [0.5, 0.6) is 0 Å². The number of hydrogen-bond donors (Lipinski definition) is 0. The highest BCUT2D eigenvalue weighted by molar-refractivity contribution is 6.24. The molecule has 0 aliphatic rings. The first-order valence-corrected chi connectivity index (χ1v) is 17.4. The van der Waals surface area contributed by atoms with Crippen molar-refractivity contribution in [2.24, 2.45) is 0 Å². The summed E-state index contributed by atoms with van der Waals surface area (Å²) < 4.78 is 0. The summed E-state index contributed by atoms with van der Waals surface area (Å²) in [5, 5.41) is 12.8. The van der Waals surface area contributed by atoms with Gasteiger partial charge in [0.15, 0.2) is 0 Å². The van der Waals surface area contributed by atoms with E-state index in [1.807, 2.05) is 0 Å². The van der Waals surface area contributed by atoms with E-state index in [4.69, 9.17) is 0 Å². The van der Waals surface area contributed by atoms with Crippen LogP contribution in [0.15, 0.2) is 194 Å². The van der Waals surface area contributed by atoms with E-state index in [9.17, 15) is 0 Å². The van der Waals surface area contributed by atoms with Crippen molar-refractivity contribution in [2.75, 3.05) is 0 Å². The van der Waals surface area contributed by atoms with E-state index >= 15 is 0 Å². The summed E-state index contributed by atoms with van der Waals surface area (Å²) in [6.45, 7) is 0. The van der Waals surface area contributed by atoms with Crippen molar-refractivity contribution in [3.05, 3.63) is 194 Å². The molecule has 0 amide bonds. The first kappa shape index (κ1) is 28.5. The summed E-state index contributed by atoms with van der Waals surface area (Å²) in [6, 6.07) is 71.3. The summed E-state index contributed by atoms with van der Waals surface area (Å²) in [5.41, 5.74) is 9.96. The molecule has 0 atom stereocenters. The second kappa shape index (κ2) is 11.6. The van der Waals surface area contributed by atoms with Gasteiger partial charge in [-0.25, -0.2) is 0 Å². The Morgan fingerprint density at radius 1 is 0.220 bits per heavy atom. The van der Waals surface area contributed by atoms with Gasteiger partial charge in [-0.1, -0.05) is 182 Å². The predicted molar refractivity (Wildman–Crippen MR) is 216 cm³/mol. The van der Waals surface area contributed by atoms with Gasteiger partial charge in [-0.15, -0.1) is 0 Å². The molecule has 0 spiro atoms. The fourth-order valence-electron chi connectivity index (χ4n) is 8.17. The van der Waals surface area contributed by atoms with Crippen LogP contribution in [0, 0.1) is 0 Å². The van der Waals surface area contributed by atoms with E-state index in [1.165, 1.54) is 98.4 Å². The van der Waals surface area contributed by atoms with Gasteiger partial charge in [0.05, 0.1) is 0 Å². The molecule has 50 heavy (non-hydrogen) atoms. The molecular formula is C50H32. The van der Waals surface area contributed by atoms with E-state index in [1.54, 1.807) is 0 Å². The van der Waals surface area contributed by atoms with E-state index in [0.717, 1.165) is 0 Å². The van der Waals surface area contributed by atoms with E-state index in [-0.39, 0.29) is 0 Å². The largest absolute Gasteiger partial charge is 0.0622 e. The van der Waals surface area contributed by atoms with Crippen LogP contribution in [0.2, 0.25) is 0 Å². The minimum atomic E-state index is 1.22. The van der Waals surface area contributed by atoms with Crippen molar-refractivity contribution in [2.45, 2.75) is 0 Å². The molecule has 0 saturated carbocycles. The third-order valence-corrected chi connectivity index (χ3v) is 10.4. The van der Waals surface area contributed by atoms with Crippen molar-refractivity contribution in [3.63, 3.8) is 0 Å². The van der Waals surface area contributed by atoms with E-state index < -0.39 is 0 Å². The van der Waals surface area contributed by atoms with E-state index in [2.05, 4.69) is 194 Å². The number of benzene rings is 10. The van der Waals surface area contributed by atoms with Crippen LogP contribution in [0.4, 0.5) is 0 Å². The second-order valence-electron chi connectivity index (χ2n) is 13.2. The maximum Gasteiger partial charge on any atom is -0.00262 e. The number of fused-ring (bicyclic) bond motifs is 7. The molecule has 0 nitrogen and oxygen atoms in total. The molecule has 0 heterocycles. The summed E-state index contributed by atoms with van der Waals surface area (Å²) >= 11 is 0. The van der Waals surface area contributed by atoms with Gasteiger partial charge in [-0.05, 0) is 111 Å². The van der Waals surface area contributed by atoms with Crippen LogP contribution in [0.25, 0.3) is 98.4 Å². The maximum atomic E-state index is 2.40. The lowest BCUT2D eigenvalue weighted by molar-refractivity contribution is 1.61. The average molecular weight is 633 g/mol. The lowest BCUT2D eigenvalue weighted by atomic mass is 9.84. The Morgan fingerprint density at radius 2 is 0.680 bits per heavy atom. The summed E-state index contributed by atoms with van der Waals surface area (Å²) in [7, 11) is 0. The normalized spacial score (nSPS) is 11.6. The molecule has 0 radical (unpaired) electrons. The lowest BCUT2D eigenvalue weighted by Crippen LogP contribution is -1.91. The van der Waals surface area contributed by atoms with Crippen LogP contribution >= 0.6 is 0 Å². The maximum absolute atomic E-state index is 2.40. The molecule has 0 fully saturated rings. The average Bonchev–Trinajstić information content (AvgIpc) is 3.20. The molecule has 0 N–H and O–H groups in total. The second-order valence-corrected chi connectivity index (χ2v) is 13.2. The van der Waals surface area contributed by atoms with Crippen molar-refractivity contribution in [1.29, 1.82) is 0 Å². The van der Waals surface area contributed by atoms with Gasteiger partial charge >= 0.3 is 0 Å². The zero-order valence-corrected chi connectivity index (χ0v) is 27.5. The Morgan fingerprint density at radius 3 is 1.36 bits per heavy atom. The summed E-state index contributed by atoms with van der Waals surface area (Å²) in [5.74, 6) is 0. The minimum absolute atomic E-state index is 1.22. The smallest absolute Gasteiger partial charge is 0.00262 e. The topological polar surface area (TPSA) is 0 Å². The highest BCUT2D eigenvalue weighted by atomic mass is 14.2. The lowest BCUT2D eigenvalue weighted by Gasteiger charge is -2.19. The zero-order valence-electron chi connectivity index (χ0n) is 27.5. The Hall–Kier alpha value is -6.50. The van der Waals surface area contributed by atoms with Crippen LogP contribution in [0.1, 0.15) is 0 Å². The number of hydrogen-bond acceptors (Lipinski definition) is 0. The standard InChI is InChI=1S/C50H32/c1-2-13-33(14-3-1)34-25-28-36(29-26-34)48-43-21-8-10-23-45(43)50(46-24-11-9-22-44(46)48)38-17-12-16-37(31-38)47-32-39-30-27-35-15-4-5-18-40(35)49(39)42-20-7-6-19-41(42)47/h1-32H. The fourth-order valence-corrected chi connectivity index (χ4v) is 8.17. The Bertz CT molecular complexity index is 2840. The van der Waals surface area contributed by atoms with Crippen molar-refractivity contribution in [1.82, 2.24) is 0 Å². The van der Waals surface area contributed by atoms with Crippen molar-refractivity contribution >= 4 is 53.9 Å². The number of rotatable bonds is 4. The summed E-state index contributed by atoms with van der Waals surface area (Å²) in [4.78, 5) is 0. The molecule has 232 valence electrons. The highest BCUT2D eigenvalue weighted by Gasteiger charge is 2.18. The van der Waals surface area contributed by atoms with Gasteiger partial charge in [0, 0.05) is 0 Å². The van der Waals surface area contributed by atoms with E-state index in [0.29, 0.717) is 0 Å². The van der Waals surface area contributed by atoms with Gasteiger partial charge in [-0.3, -0.25) is 0 Å². The predicted octanol–water partition coefficient (Wildman–Crippen LogP) is 14.1. The third kappa shape index (κ3) is 4.54. The van der Waals surface area contributed by atoms with Crippen LogP contribution in [0.3, 0.4) is 0 Å². The van der Waals surface area contributed by atoms with Crippen molar-refractivity contribution in [3.8, 4) is 44.5 Å². The molecule has 0 saturated heterocycles. The van der Waals surface area contributed by atoms with Gasteiger partial charge in [0.1, 0.15) is 0 Å². The zero-order chi connectivity index (χ0) is 33.0. The molecule has 0 aliphatic carbocycles. The molecule has 10 aromatic carbocycles. The molecule has 0 unspecified atom stereocenters. The van der Waals surface area contributed by atoms with Crippen LogP contribution < -0.4 is 0 Å². The van der Waals surface area contributed by atoms with Gasteiger partial charge < -0.3 is 0 Å². The monoisotopic (exact) mass is 632 g/mol. The van der Waals surface area contributed by atoms with Crippen LogP contribution in [-0.2, 0) is 0 Å². The molecular weight excluding hydrogens is 601 g/mol. The third-order valence-electron chi connectivity index (χ3n) is 10.4. The first-order valence-electron chi connectivity index (χ1n) is 17.4. The van der Waals surface area contributed by atoms with Gasteiger partial charge in [-0.2, -0.15) is 0 Å². The molecule has 0 aromatic heterocycles. The molecule has 0 aliphatic heterocycles. The van der Waals surface area contributed by atoms with Gasteiger partial charge in [0.25, 0.3) is 0 Å². The quantitative estimate of drug-likeness (QED) is 0.134. The fraction of sp³-hybridized carbons (Fsp3) is 0. The SMILES string of the molecule is c1ccc(-c2ccc(-c3c4ccccc4c(-c4cccc(-c5cc6ccc7ccccc7c6c6ccccc56)c4)c4ccccc34)cc2)cc1. The van der Waals surface area contributed by atoms with Crippen molar-refractivity contribution < 1.29 is 0 Å². The molecule has 0 bridgehead atoms.